The number of nitrogens with zero attached hydrogens (tertiary/aromatic N) is 2. The van der Waals surface area contributed by atoms with Crippen LogP contribution in [0.2, 0.25) is 0 Å². The summed E-state index contributed by atoms with van der Waals surface area (Å²) in [5, 5.41) is 8.67. The zero-order chi connectivity index (χ0) is 18.4. The monoisotopic (exact) mass is 368 g/mol. The van der Waals surface area contributed by atoms with E-state index in [9.17, 15) is 18.0 Å². The number of benzene rings is 1. The van der Waals surface area contributed by atoms with Crippen LogP contribution in [0.4, 0.5) is 0 Å². The quantitative estimate of drug-likeness (QED) is 0.785. The molecule has 1 aliphatic rings. The highest BCUT2D eigenvalue weighted by atomic mass is 32.2. The largest absolute Gasteiger partial charge is 0.481 e. The van der Waals surface area contributed by atoms with E-state index in [2.05, 4.69) is 0 Å². The van der Waals surface area contributed by atoms with Crippen molar-refractivity contribution in [2.24, 2.45) is 5.92 Å². The third-order valence-corrected chi connectivity index (χ3v) is 6.25. The maximum atomic E-state index is 12.7. The highest BCUT2D eigenvalue weighted by Crippen LogP contribution is 2.24. The molecule has 8 heteroatoms. The fourth-order valence-electron chi connectivity index (χ4n) is 2.99. The summed E-state index contributed by atoms with van der Waals surface area (Å²) >= 11 is 0. The molecule has 1 aromatic rings. The smallest absolute Gasteiger partial charge is 0.303 e. The summed E-state index contributed by atoms with van der Waals surface area (Å²) in [5.41, 5.74) is 0. The molecule has 1 fully saturated rings. The third-order valence-electron chi connectivity index (χ3n) is 4.37. The van der Waals surface area contributed by atoms with Gasteiger partial charge in [0.25, 0.3) is 0 Å². The molecule has 1 atom stereocenters. The van der Waals surface area contributed by atoms with Crippen LogP contribution in [0.3, 0.4) is 0 Å². The molecule has 1 heterocycles. The fraction of sp³-hybridized carbons (Fsp3) is 0.529. The Kier molecular flexibility index (Phi) is 6.55. The number of carbonyl (C=O) groups excluding carboxylic acids is 1. The molecule has 0 spiro atoms. The van der Waals surface area contributed by atoms with Gasteiger partial charge in [-0.15, -0.1) is 0 Å². The first kappa shape index (κ1) is 19.4. The zero-order valence-electron chi connectivity index (χ0n) is 14.3. The van der Waals surface area contributed by atoms with Gasteiger partial charge in [0.2, 0.25) is 15.9 Å². The van der Waals surface area contributed by atoms with Crippen molar-refractivity contribution < 1.29 is 23.1 Å². The lowest BCUT2D eigenvalue weighted by Crippen LogP contribution is -2.46. The predicted octanol–water partition coefficient (Wildman–Crippen LogP) is 1.41. The standard InChI is InChI=1S/C17H24N2O5S/c1-18(11-6-10-16(20)21)17(22)14-7-5-12-19(13-14)25(23,24)15-8-3-2-4-9-15/h2-4,8-9,14H,5-7,10-13H2,1H3,(H,20,21). The molecular weight excluding hydrogens is 344 g/mol. The minimum absolute atomic E-state index is 0.0107. The second kappa shape index (κ2) is 8.44. The summed E-state index contributed by atoms with van der Waals surface area (Å²) in [6.45, 7) is 0.927. The molecule has 1 saturated heterocycles. The van der Waals surface area contributed by atoms with Gasteiger partial charge in [0.05, 0.1) is 10.8 Å². The first-order valence-corrected chi connectivity index (χ1v) is 9.78. The van der Waals surface area contributed by atoms with E-state index in [1.165, 1.54) is 9.21 Å². The summed E-state index contributed by atoms with van der Waals surface area (Å²) in [6, 6.07) is 8.22. The van der Waals surface area contributed by atoms with Crippen LogP contribution in [-0.2, 0) is 19.6 Å². The van der Waals surface area contributed by atoms with Gasteiger partial charge >= 0.3 is 5.97 Å². The van der Waals surface area contributed by atoms with Crippen LogP contribution >= 0.6 is 0 Å². The van der Waals surface area contributed by atoms with Crippen molar-refractivity contribution in [1.82, 2.24) is 9.21 Å². The molecule has 0 radical (unpaired) electrons. The molecule has 1 unspecified atom stereocenters. The van der Waals surface area contributed by atoms with Gasteiger partial charge in [0, 0.05) is 33.1 Å². The molecule has 0 aliphatic carbocycles. The normalized spacial score (nSPS) is 18.7. The van der Waals surface area contributed by atoms with Gasteiger partial charge < -0.3 is 10.0 Å². The number of carboxylic acids is 1. The average molecular weight is 368 g/mol. The molecule has 1 amide bonds. The SMILES string of the molecule is CN(CCCC(=O)O)C(=O)C1CCCN(S(=O)(=O)c2ccccc2)C1. The number of hydrogen-bond donors (Lipinski definition) is 1. The van der Waals surface area contributed by atoms with E-state index >= 15 is 0 Å². The molecular formula is C17H24N2O5S. The molecule has 1 aliphatic heterocycles. The first-order chi connectivity index (χ1) is 11.8. The molecule has 138 valence electrons. The van der Waals surface area contributed by atoms with Gasteiger partial charge in [-0.25, -0.2) is 8.42 Å². The average Bonchev–Trinajstić information content (AvgIpc) is 2.61. The fourth-order valence-corrected chi connectivity index (χ4v) is 4.54. The lowest BCUT2D eigenvalue weighted by atomic mass is 9.98. The van der Waals surface area contributed by atoms with Gasteiger partial charge in [0.15, 0.2) is 0 Å². The molecule has 1 N–H and O–H groups in total. The highest BCUT2D eigenvalue weighted by molar-refractivity contribution is 7.89. The number of carboxylic acid groups (broad SMARTS) is 1. The van der Waals surface area contributed by atoms with Crippen LogP contribution < -0.4 is 0 Å². The van der Waals surface area contributed by atoms with E-state index in [1.807, 2.05) is 0 Å². The lowest BCUT2D eigenvalue weighted by Gasteiger charge is -2.33. The van der Waals surface area contributed by atoms with Crippen LogP contribution in [0.1, 0.15) is 25.7 Å². The van der Waals surface area contributed by atoms with Crippen molar-refractivity contribution in [3.05, 3.63) is 30.3 Å². The number of aliphatic carboxylic acids is 1. The Morgan fingerprint density at radius 3 is 2.60 bits per heavy atom. The van der Waals surface area contributed by atoms with Gasteiger partial charge in [-0.2, -0.15) is 4.31 Å². The minimum Gasteiger partial charge on any atom is -0.481 e. The molecule has 25 heavy (non-hydrogen) atoms. The van der Waals surface area contributed by atoms with Crippen LogP contribution in [0.25, 0.3) is 0 Å². The Morgan fingerprint density at radius 1 is 1.28 bits per heavy atom. The summed E-state index contributed by atoms with van der Waals surface area (Å²) in [6.07, 6.45) is 1.67. The second-order valence-electron chi connectivity index (χ2n) is 6.27. The van der Waals surface area contributed by atoms with Crippen molar-refractivity contribution in [3.8, 4) is 0 Å². The number of hydrogen-bond acceptors (Lipinski definition) is 4. The van der Waals surface area contributed by atoms with Crippen molar-refractivity contribution in [1.29, 1.82) is 0 Å². The molecule has 0 aromatic heterocycles. The van der Waals surface area contributed by atoms with Gasteiger partial charge in [-0.05, 0) is 31.4 Å². The highest BCUT2D eigenvalue weighted by Gasteiger charge is 2.34. The lowest BCUT2D eigenvalue weighted by molar-refractivity contribution is -0.139. The molecule has 1 aromatic carbocycles. The Morgan fingerprint density at radius 2 is 1.96 bits per heavy atom. The third kappa shape index (κ3) is 5.02. The van der Waals surface area contributed by atoms with E-state index in [0.29, 0.717) is 32.4 Å². The van der Waals surface area contributed by atoms with Gasteiger partial charge in [0.1, 0.15) is 0 Å². The number of amides is 1. The maximum Gasteiger partial charge on any atom is 0.303 e. The molecule has 0 saturated carbocycles. The Labute approximate surface area is 148 Å². The number of sulfonamides is 1. The molecule has 0 bridgehead atoms. The van der Waals surface area contributed by atoms with Crippen molar-refractivity contribution in [3.63, 3.8) is 0 Å². The molecule has 7 nitrogen and oxygen atoms in total. The Bertz CT molecular complexity index is 705. The van der Waals surface area contributed by atoms with Crippen LogP contribution in [-0.4, -0.2) is 61.3 Å². The summed E-state index contributed by atoms with van der Waals surface area (Å²) in [4.78, 5) is 24.8. The number of carbonyl (C=O) groups is 2. The Hall–Kier alpha value is -1.93. The topological polar surface area (TPSA) is 95.0 Å². The van der Waals surface area contributed by atoms with E-state index in [0.717, 1.165) is 0 Å². The van der Waals surface area contributed by atoms with Crippen molar-refractivity contribution in [2.45, 2.75) is 30.6 Å². The summed E-state index contributed by atoms with van der Waals surface area (Å²) < 4.78 is 26.8. The number of piperidine rings is 1. The van der Waals surface area contributed by atoms with Crippen molar-refractivity contribution in [2.75, 3.05) is 26.7 Å². The minimum atomic E-state index is -3.60. The first-order valence-electron chi connectivity index (χ1n) is 8.34. The van der Waals surface area contributed by atoms with Gasteiger partial charge in [-0.1, -0.05) is 18.2 Å². The Balaban J connectivity index is 2.00. The van der Waals surface area contributed by atoms with E-state index in [4.69, 9.17) is 5.11 Å². The van der Waals surface area contributed by atoms with Crippen LogP contribution in [0.5, 0.6) is 0 Å². The van der Waals surface area contributed by atoms with E-state index in [1.54, 1.807) is 37.4 Å². The van der Waals surface area contributed by atoms with Crippen LogP contribution in [0, 0.1) is 5.92 Å². The van der Waals surface area contributed by atoms with E-state index < -0.39 is 16.0 Å². The van der Waals surface area contributed by atoms with Crippen molar-refractivity contribution >= 4 is 21.9 Å². The zero-order valence-corrected chi connectivity index (χ0v) is 15.1. The molecule has 2 rings (SSSR count). The summed E-state index contributed by atoms with van der Waals surface area (Å²) in [5.74, 6) is -1.40. The summed E-state index contributed by atoms with van der Waals surface area (Å²) in [7, 11) is -1.96. The van der Waals surface area contributed by atoms with E-state index in [-0.39, 0.29) is 29.7 Å². The maximum absolute atomic E-state index is 12.7. The van der Waals surface area contributed by atoms with Gasteiger partial charge in [-0.3, -0.25) is 9.59 Å². The predicted molar refractivity (Wildman–Crippen MR) is 92.4 cm³/mol. The second-order valence-corrected chi connectivity index (χ2v) is 8.21. The van der Waals surface area contributed by atoms with Crippen LogP contribution in [0.15, 0.2) is 35.2 Å². The number of rotatable bonds is 7.